The number of halogens is 1. The summed E-state index contributed by atoms with van der Waals surface area (Å²) in [6, 6.07) is 4.89. The highest BCUT2D eigenvalue weighted by Crippen LogP contribution is 2.23. The van der Waals surface area contributed by atoms with Crippen LogP contribution in [0.5, 0.6) is 0 Å². The van der Waals surface area contributed by atoms with Crippen molar-refractivity contribution in [1.82, 2.24) is 10.2 Å². The minimum Gasteiger partial charge on any atom is -0.368 e. The molecule has 1 saturated heterocycles. The molecular formula is C14H20FN3O. The topological polar surface area (TPSA) is 35.6 Å². The van der Waals surface area contributed by atoms with E-state index in [-0.39, 0.29) is 11.7 Å². The van der Waals surface area contributed by atoms with Gasteiger partial charge in [0, 0.05) is 45.3 Å². The van der Waals surface area contributed by atoms with Gasteiger partial charge in [-0.2, -0.15) is 0 Å². The molecule has 0 saturated carbocycles. The van der Waals surface area contributed by atoms with E-state index in [1.807, 2.05) is 18.0 Å². The van der Waals surface area contributed by atoms with Gasteiger partial charge in [0.2, 0.25) is 5.91 Å². The van der Waals surface area contributed by atoms with Crippen LogP contribution in [-0.2, 0) is 11.3 Å². The fourth-order valence-electron chi connectivity index (χ4n) is 2.46. The van der Waals surface area contributed by atoms with Crippen LogP contribution in [0.1, 0.15) is 12.5 Å². The second-order valence-electron chi connectivity index (χ2n) is 4.80. The van der Waals surface area contributed by atoms with E-state index in [1.54, 1.807) is 13.0 Å². The molecule has 0 atom stereocenters. The molecule has 1 aromatic rings. The molecule has 1 aliphatic heterocycles. The molecule has 0 bridgehead atoms. The standard InChI is InChI=1S/C14H20FN3O/c1-11(19)17-5-7-18(8-6-17)14-4-3-13(15)9-12(14)10-16-2/h3-4,9,16H,5-8,10H2,1-2H3. The molecule has 2 rings (SSSR count). The minimum absolute atomic E-state index is 0.120. The maximum atomic E-state index is 13.3. The fourth-order valence-corrected chi connectivity index (χ4v) is 2.46. The van der Waals surface area contributed by atoms with Gasteiger partial charge in [-0.3, -0.25) is 4.79 Å². The maximum absolute atomic E-state index is 13.3. The lowest BCUT2D eigenvalue weighted by molar-refractivity contribution is -0.129. The van der Waals surface area contributed by atoms with E-state index in [2.05, 4.69) is 10.2 Å². The lowest BCUT2D eigenvalue weighted by atomic mass is 10.1. The predicted octanol–water partition coefficient (Wildman–Crippen LogP) is 1.21. The summed E-state index contributed by atoms with van der Waals surface area (Å²) >= 11 is 0. The molecule has 0 aromatic heterocycles. The summed E-state index contributed by atoms with van der Waals surface area (Å²) in [6.07, 6.45) is 0. The first-order valence-corrected chi connectivity index (χ1v) is 6.55. The number of hydrogen-bond acceptors (Lipinski definition) is 3. The zero-order valence-electron chi connectivity index (χ0n) is 11.4. The molecule has 1 fully saturated rings. The molecule has 104 valence electrons. The third-order valence-corrected chi connectivity index (χ3v) is 3.47. The van der Waals surface area contributed by atoms with Gasteiger partial charge in [0.1, 0.15) is 5.82 Å². The van der Waals surface area contributed by atoms with Crippen LogP contribution >= 0.6 is 0 Å². The first-order chi connectivity index (χ1) is 9.11. The maximum Gasteiger partial charge on any atom is 0.219 e. The average Bonchev–Trinajstić information content (AvgIpc) is 2.39. The monoisotopic (exact) mass is 265 g/mol. The van der Waals surface area contributed by atoms with Gasteiger partial charge < -0.3 is 15.1 Å². The Morgan fingerprint density at radius 3 is 2.58 bits per heavy atom. The lowest BCUT2D eigenvalue weighted by Gasteiger charge is -2.36. The van der Waals surface area contributed by atoms with Crippen LogP contribution in [0.15, 0.2) is 18.2 Å². The Balaban J connectivity index is 2.12. The van der Waals surface area contributed by atoms with E-state index in [1.165, 1.54) is 6.07 Å². The van der Waals surface area contributed by atoms with Crippen molar-refractivity contribution in [2.75, 3.05) is 38.1 Å². The van der Waals surface area contributed by atoms with Crippen molar-refractivity contribution in [3.63, 3.8) is 0 Å². The Morgan fingerprint density at radius 2 is 2.00 bits per heavy atom. The molecule has 4 nitrogen and oxygen atoms in total. The Bertz CT molecular complexity index is 456. The summed E-state index contributed by atoms with van der Waals surface area (Å²) in [5.74, 6) is -0.0921. The number of amides is 1. The Hall–Kier alpha value is -1.62. The second kappa shape index (κ2) is 6.02. The Labute approximate surface area is 113 Å². The van der Waals surface area contributed by atoms with Gasteiger partial charge in [-0.25, -0.2) is 4.39 Å². The average molecular weight is 265 g/mol. The van der Waals surface area contributed by atoms with Crippen molar-refractivity contribution >= 4 is 11.6 Å². The molecule has 1 aromatic carbocycles. The number of hydrogen-bond donors (Lipinski definition) is 1. The van der Waals surface area contributed by atoms with Crippen molar-refractivity contribution in [2.45, 2.75) is 13.5 Å². The number of anilines is 1. The summed E-state index contributed by atoms with van der Waals surface area (Å²) in [6.45, 7) is 5.28. The van der Waals surface area contributed by atoms with Gasteiger partial charge in [-0.1, -0.05) is 0 Å². The molecular weight excluding hydrogens is 245 g/mol. The molecule has 1 N–H and O–H groups in total. The van der Waals surface area contributed by atoms with E-state index in [0.29, 0.717) is 6.54 Å². The lowest BCUT2D eigenvalue weighted by Crippen LogP contribution is -2.48. The highest BCUT2D eigenvalue weighted by molar-refractivity contribution is 5.73. The predicted molar refractivity (Wildman–Crippen MR) is 73.6 cm³/mol. The first-order valence-electron chi connectivity index (χ1n) is 6.55. The van der Waals surface area contributed by atoms with Crippen LogP contribution < -0.4 is 10.2 Å². The van der Waals surface area contributed by atoms with Gasteiger partial charge in [0.15, 0.2) is 0 Å². The number of nitrogens with one attached hydrogen (secondary N) is 1. The SMILES string of the molecule is CNCc1cc(F)ccc1N1CCN(C(C)=O)CC1. The highest BCUT2D eigenvalue weighted by atomic mass is 19.1. The summed E-state index contributed by atoms with van der Waals surface area (Å²) in [5.41, 5.74) is 2.01. The molecule has 0 radical (unpaired) electrons. The Morgan fingerprint density at radius 1 is 1.32 bits per heavy atom. The van der Waals surface area contributed by atoms with E-state index in [9.17, 15) is 9.18 Å². The zero-order valence-corrected chi connectivity index (χ0v) is 11.4. The highest BCUT2D eigenvalue weighted by Gasteiger charge is 2.20. The molecule has 1 amide bonds. The zero-order chi connectivity index (χ0) is 13.8. The van der Waals surface area contributed by atoms with Crippen LogP contribution in [0, 0.1) is 5.82 Å². The van der Waals surface area contributed by atoms with Crippen LogP contribution in [0.25, 0.3) is 0 Å². The number of rotatable bonds is 3. The van der Waals surface area contributed by atoms with Gasteiger partial charge >= 0.3 is 0 Å². The van der Waals surface area contributed by atoms with Crippen LogP contribution in [0.4, 0.5) is 10.1 Å². The van der Waals surface area contributed by atoms with E-state index < -0.39 is 0 Å². The van der Waals surface area contributed by atoms with Crippen molar-refractivity contribution in [2.24, 2.45) is 0 Å². The van der Waals surface area contributed by atoms with Gasteiger partial charge in [-0.15, -0.1) is 0 Å². The number of carbonyl (C=O) groups is 1. The van der Waals surface area contributed by atoms with E-state index >= 15 is 0 Å². The van der Waals surface area contributed by atoms with Crippen molar-refractivity contribution in [3.8, 4) is 0 Å². The Kier molecular flexibility index (Phi) is 4.37. The van der Waals surface area contributed by atoms with Crippen LogP contribution in [0.2, 0.25) is 0 Å². The second-order valence-corrected chi connectivity index (χ2v) is 4.80. The largest absolute Gasteiger partial charge is 0.368 e. The third-order valence-electron chi connectivity index (χ3n) is 3.47. The normalized spacial score (nSPS) is 15.7. The van der Waals surface area contributed by atoms with Gasteiger partial charge in [0.25, 0.3) is 0 Å². The third kappa shape index (κ3) is 3.23. The number of benzene rings is 1. The molecule has 5 heteroatoms. The summed E-state index contributed by atoms with van der Waals surface area (Å²) < 4.78 is 13.3. The van der Waals surface area contributed by atoms with E-state index in [4.69, 9.17) is 0 Å². The van der Waals surface area contributed by atoms with Crippen molar-refractivity contribution in [3.05, 3.63) is 29.6 Å². The summed E-state index contributed by atoms with van der Waals surface area (Å²) in [7, 11) is 1.85. The molecule has 0 aliphatic carbocycles. The number of piperazine rings is 1. The minimum atomic E-state index is -0.212. The van der Waals surface area contributed by atoms with Gasteiger partial charge in [0.05, 0.1) is 0 Å². The van der Waals surface area contributed by atoms with Crippen LogP contribution in [0.3, 0.4) is 0 Å². The quantitative estimate of drug-likeness (QED) is 0.892. The van der Waals surface area contributed by atoms with Crippen molar-refractivity contribution in [1.29, 1.82) is 0 Å². The molecule has 1 heterocycles. The summed E-state index contributed by atoms with van der Waals surface area (Å²) in [5, 5.41) is 3.06. The van der Waals surface area contributed by atoms with Crippen molar-refractivity contribution < 1.29 is 9.18 Å². The molecule has 0 spiro atoms. The van der Waals surface area contributed by atoms with E-state index in [0.717, 1.165) is 37.4 Å². The van der Waals surface area contributed by atoms with Gasteiger partial charge in [-0.05, 0) is 30.8 Å². The summed E-state index contributed by atoms with van der Waals surface area (Å²) in [4.78, 5) is 15.4. The first kappa shape index (κ1) is 13.8. The number of nitrogens with zero attached hydrogens (tertiary/aromatic N) is 2. The molecule has 0 unspecified atom stereocenters. The number of carbonyl (C=O) groups excluding carboxylic acids is 1. The smallest absolute Gasteiger partial charge is 0.219 e. The molecule has 1 aliphatic rings. The fraction of sp³-hybridized carbons (Fsp3) is 0.500. The molecule has 19 heavy (non-hydrogen) atoms. The van der Waals surface area contributed by atoms with Crippen LogP contribution in [-0.4, -0.2) is 44.0 Å².